The SMILES string of the molecule is O=C(NCC12CC3CC(CC(C3)C1)C2)n1cc(F)c(=O)[nH]c1=O. The van der Waals surface area contributed by atoms with E-state index < -0.39 is 23.1 Å². The van der Waals surface area contributed by atoms with E-state index in [1.807, 2.05) is 0 Å². The van der Waals surface area contributed by atoms with Gasteiger partial charge in [0.2, 0.25) is 5.82 Å². The Bertz CT molecular complexity index is 731. The molecule has 1 amide bonds. The maximum Gasteiger partial charge on any atom is 0.336 e. The number of nitrogens with zero attached hydrogens (tertiary/aromatic N) is 1. The van der Waals surface area contributed by atoms with Gasteiger partial charge in [0.25, 0.3) is 5.56 Å². The number of amides is 1. The largest absolute Gasteiger partial charge is 0.337 e. The zero-order valence-corrected chi connectivity index (χ0v) is 12.8. The normalized spacial score (nSPS) is 34.6. The van der Waals surface area contributed by atoms with Crippen molar-refractivity contribution in [1.82, 2.24) is 14.9 Å². The molecule has 4 aliphatic carbocycles. The molecule has 6 nitrogen and oxygen atoms in total. The predicted molar refractivity (Wildman–Crippen MR) is 80.7 cm³/mol. The van der Waals surface area contributed by atoms with Gasteiger partial charge in [-0.2, -0.15) is 4.39 Å². The van der Waals surface area contributed by atoms with Crippen LogP contribution in [0, 0.1) is 29.0 Å². The molecule has 4 bridgehead atoms. The van der Waals surface area contributed by atoms with Gasteiger partial charge in [0.1, 0.15) is 0 Å². The molecule has 0 saturated heterocycles. The second-order valence-corrected chi connectivity index (χ2v) is 7.68. The molecule has 0 aromatic carbocycles. The molecule has 4 fully saturated rings. The highest BCUT2D eigenvalue weighted by Gasteiger charge is 2.50. The summed E-state index contributed by atoms with van der Waals surface area (Å²) in [4.78, 5) is 36.6. The van der Waals surface area contributed by atoms with E-state index in [0.717, 1.165) is 37.0 Å². The van der Waals surface area contributed by atoms with Gasteiger partial charge in [-0.15, -0.1) is 0 Å². The molecule has 1 aromatic heterocycles. The Kier molecular flexibility index (Phi) is 3.21. The Labute approximate surface area is 132 Å². The summed E-state index contributed by atoms with van der Waals surface area (Å²) in [5.41, 5.74) is -1.89. The number of halogens is 1. The van der Waals surface area contributed by atoms with Crippen molar-refractivity contribution in [1.29, 1.82) is 0 Å². The highest BCUT2D eigenvalue weighted by molar-refractivity contribution is 5.76. The molecule has 4 aliphatic rings. The molecule has 0 spiro atoms. The molecule has 23 heavy (non-hydrogen) atoms. The maximum absolute atomic E-state index is 13.3. The molecule has 5 rings (SSSR count). The predicted octanol–water partition coefficient (Wildman–Crippen LogP) is 1.45. The van der Waals surface area contributed by atoms with Crippen LogP contribution in [0.15, 0.2) is 15.8 Å². The summed E-state index contributed by atoms with van der Waals surface area (Å²) in [5.74, 6) is 1.17. The number of aromatic nitrogens is 2. The standard InChI is InChI=1S/C16H20FN3O3/c17-12-7-20(15(23)19-13(12)21)14(22)18-8-16-4-9-1-10(5-16)3-11(2-9)6-16/h7,9-11H,1-6,8H2,(H,18,22)(H,19,21,23). The first-order chi connectivity index (χ1) is 10.9. The van der Waals surface area contributed by atoms with Crippen LogP contribution in [0.3, 0.4) is 0 Å². The number of H-pyrrole nitrogens is 1. The van der Waals surface area contributed by atoms with E-state index in [9.17, 15) is 18.8 Å². The zero-order chi connectivity index (χ0) is 16.2. The lowest BCUT2D eigenvalue weighted by molar-refractivity contribution is -0.0498. The first kappa shape index (κ1) is 14.7. The third-order valence-corrected chi connectivity index (χ3v) is 5.90. The lowest BCUT2D eigenvalue weighted by atomic mass is 9.49. The number of aromatic amines is 1. The van der Waals surface area contributed by atoms with Crippen molar-refractivity contribution in [3.05, 3.63) is 32.9 Å². The van der Waals surface area contributed by atoms with Crippen LogP contribution < -0.4 is 16.6 Å². The lowest BCUT2D eigenvalue weighted by Gasteiger charge is -2.56. The van der Waals surface area contributed by atoms with Crippen LogP contribution in [0.5, 0.6) is 0 Å². The van der Waals surface area contributed by atoms with Gasteiger partial charge in [-0.05, 0) is 61.7 Å². The second kappa shape index (κ2) is 5.04. The Morgan fingerprint density at radius 1 is 1.22 bits per heavy atom. The fraction of sp³-hybridized carbons (Fsp3) is 0.688. The van der Waals surface area contributed by atoms with Gasteiger partial charge in [0, 0.05) is 6.54 Å². The van der Waals surface area contributed by atoms with Crippen LogP contribution in [0.2, 0.25) is 0 Å². The van der Waals surface area contributed by atoms with Crippen molar-refractivity contribution in [2.75, 3.05) is 6.54 Å². The van der Waals surface area contributed by atoms with Gasteiger partial charge in [-0.1, -0.05) is 0 Å². The summed E-state index contributed by atoms with van der Waals surface area (Å²) >= 11 is 0. The third kappa shape index (κ3) is 2.52. The molecule has 2 N–H and O–H groups in total. The molecule has 1 aromatic rings. The van der Waals surface area contributed by atoms with Crippen molar-refractivity contribution in [2.45, 2.75) is 38.5 Å². The van der Waals surface area contributed by atoms with E-state index in [-0.39, 0.29) is 5.41 Å². The topological polar surface area (TPSA) is 84.0 Å². The molecular weight excluding hydrogens is 301 g/mol. The number of rotatable bonds is 2. The fourth-order valence-corrected chi connectivity index (χ4v) is 5.45. The Morgan fingerprint density at radius 2 is 1.78 bits per heavy atom. The van der Waals surface area contributed by atoms with Crippen LogP contribution in [0.25, 0.3) is 0 Å². The number of hydrogen-bond acceptors (Lipinski definition) is 3. The van der Waals surface area contributed by atoms with Gasteiger partial charge in [-0.25, -0.2) is 14.2 Å². The second-order valence-electron chi connectivity index (χ2n) is 7.68. The van der Waals surface area contributed by atoms with Crippen molar-refractivity contribution >= 4 is 6.03 Å². The molecule has 7 heteroatoms. The quantitative estimate of drug-likeness (QED) is 0.865. The first-order valence-corrected chi connectivity index (χ1v) is 8.24. The van der Waals surface area contributed by atoms with Crippen LogP contribution in [0.4, 0.5) is 9.18 Å². The van der Waals surface area contributed by atoms with Crippen molar-refractivity contribution in [2.24, 2.45) is 23.2 Å². The van der Waals surface area contributed by atoms with E-state index in [1.54, 1.807) is 4.98 Å². The average Bonchev–Trinajstić information content (AvgIpc) is 2.47. The van der Waals surface area contributed by atoms with Gasteiger partial charge < -0.3 is 5.32 Å². The van der Waals surface area contributed by atoms with Crippen LogP contribution in [-0.4, -0.2) is 22.1 Å². The Morgan fingerprint density at radius 3 is 2.35 bits per heavy atom. The van der Waals surface area contributed by atoms with Gasteiger partial charge in [0.15, 0.2) is 0 Å². The van der Waals surface area contributed by atoms with Crippen LogP contribution >= 0.6 is 0 Å². The molecule has 4 saturated carbocycles. The van der Waals surface area contributed by atoms with Gasteiger partial charge >= 0.3 is 11.7 Å². The monoisotopic (exact) mass is 321 g/mol. The highest BCUT2D eigenvalue weighted by atomic mass is 19.1. The lowest BCUT2D eigenvalue weighted by Crippen LogP contribution is -2.52. The third-order valence-electron chi connectivity index (χ3n) is 5.90. The number of hydrogen-bond donors (Lipinski definition) is 2. The van der Waals surface area contributed by atoms with Gasteiger partial charge in [-0.3, -0.25) is 9.78 Å². The summed E-state index contributed by atoms with van der Waals surface area (Å²) in [5, 5.41) is 2.78. The first-order valence-electron chi connectivity index (χ1n) is 8.24. The van der Waals surface area contributed by atoms with Crippen molar-refractivity contribution < 1.29 is 9.18 Å². The minimum absolute atomic E-state index is 0.134. The minimum atomic E-state index is -1.14. The number of carbonyl (C=O) groups excluding carboxylic acids is 1. The summed E-state index contributed by atoms with van der Waals surface area (Å²) < 4.78 is 13.9. The van der Waals surface area contributed by atoms with Crippen LogP contribution in [-0.2, 0) is 0 Å². The molecular formula is C16H20FN3O3. The van der Waals surface area contributed by atoms with E-state index in [4.69, 9.17) is 0 Å². The molecule has 0 atom stereocenters. The summed E-state index contributed by atoms with van der Waals surface area (Å²) in [6, 6.07) is -0.680. The Hall–Kier alpha value is -1.92. The van der Waals surface area contributed by atoms with Crippen molar-refractivity contribution in [3.8, 4) is 0 Å². The molecule has 0 aliphatic heterocycles. The van der Waals surface area contributed by atoms with E-state index >= 15 is 0 Å². The molecule has 0 radical (unpaired) electrons. The average molecular weight is 321 g/mol. The van der Waals surface area contributed by atoms with E-state index in [1.165, 1.54) is 19.3 Å². The van der Waals surface area contributed by atoms with Crippen molar-refractivity contribution in [3.63, 3.8) is 0 Å². The fourth-order valence-electron chi connectivity index (χ4n) is 5.45. The molecule has 1 heterocycles. The van der Waals surface area contributed by atoms with Gasteiger partial charge in [0.05, 0.1) is 6.20 Å². The molecule has 124 valence electrons. The smallest absolute Gasteiger partial charge is 0.336 e. The summed E-state index contributed by atoms with van der Waals surface area (Å²) in [7, 11) is 0. The minimum Gasteiger partial charge on any atom is -0.337 e. The number of carbonyl (C=O) groups is 1. The maximum atomic E-state index is 13.3. The summed E-state index contributed by atoms with van der Waals surface area (Å²) in [6.07, 6.45) is 8.00. The Balaban J connectivity index is 1.49. The van der Waals surface area contributed by atoms with Crippen LogP contribution in [0.1, 0.15) is 38.5 Å². The van der Waals surface area contributed by atoms with E-state index in [0.29, 0.717) is 17.3 Å². The number of nitrogens with one attached hydrogen (secondary N) is 2. The molecule has 0 unspecified atom stereocenters. The highest BCUT2D eigenvalue weighted by Crippen LogP contribution is 2.59. The van der Waals surface area contributed by atoms with E-state index in [2.05, 4.69) is 5.32 Å². The zero-order valence-electron chi connectivity index (χ0n) is 12.8. The summed E-state index contributed by atoms with van der Waals surface area (Å²) in [6.45, 7) is 0.516.